The molecule has 2 amide bonds. The summed E-state index contributed by atoms with van der Waals surface area (Å²) in [6.45, 7) is 1.63. The van der Waals surface area contributed by atoms with Gasteiger partial charge in [0.2, 0.25) is 0 Å². The second kappa shape index (κ2) is 6.36. The van der Waals surface area contributed by atoms with Crippen LogP contribution in [0.4, 0.5) is 16.3 Å². The van der Waals surface area contributed by atoms with Gasteiger partial charge in [0.15, 0.2) is 0 Å². The molecular weight excluding hydrogens is 332 g/mol. The zero-order chi connectivity index (χ0) is 18.3. The van der Waals surface area contributed by atoms with E-state index in [1.165, 1.54) is 4.68 Å². The molecule has 2 aromatic rings. The van der Waals surface area contributed by atoms with Crippen LogP contribution in [0.15, 0.2) is 24.3 Å². The highest BCUT2D eigenvalue weighted by atomic mass is 16.2. The lowest BCUT2D eigenvalue weighted by atomic mass is 9.90. The van der Waals surface area contributed by atoms with Gasteiger partial charge in [0.1, 0.15) is 5.82 Å². The number of nitrogen functional groups attached to an aromatic ring is 1. The predicted octanol–water partition coefficient (Wildman–Crippen LogP) is 1.40. The van der Waals surface area contributed by atoms with Crippen LogP contribution in [0.1, 0.15) is 34.0 Å². The van der Waals surface area contributed by atoms with Gasteiger partial charge in [0, 0.05) is 31.4 Å². The summed E-state index contributed by atoms with van der Waals surface area (Å²) in [5, 5.41) is 10.3. The normalized spacial score (nSPS) is 18.5. The van der Waals surface area contributed by atoms with E-state index in [1.54, 1.807) is 11.9 Å². The van der Waals surface area contributed by atoms with Crippen molar-refractivity contribution in [3.63, 3.8) is 0 Å². The van der Waals surface area contributed by atoms with E-state index in [-0.39, 0.29) is 17.9 Å². The summed E-state index contributed by atoms with van der Waals surface area (Å²) in [5.74, 6) is 0.0176. The molecule has 1 aromatic heterocycles. The van der Waals surface area contributed by atoms with Crippen LogP contribution in [0.5, 0.6) is 0 Å². The lowest BCUT2D eigenvalue weighted by molar-refractivity contribution is 0.0848. The van der Waals surface area contributed by atoms with Crippen molar-refractivity contribution in [1.82, 2.24) is 20.0 Å². The molecule has 0 saturated carbocycles. The molecule has 4 rings (SSSR count). The van der Waals surface area contributed by atoms with Crippen molar-refractivity contribution in [3.8, 4) is 0 Å². The standard InChI is InChI=1S/C18H22N6O2/c1-20-18(26)23-9-7-13-15(10-23)24(22-16(13)19)17(25)12-6-8-21-14-5-3-2-4-11(12)14/h2-5,12,21H,6-10H2,1H3,(H2,19,22)(H,20,26). The van der Waals surface area contributed by atoms with Crippen molar-refractivity contribution in [3.05, 3.63) is 41.1 Å². The van der Waals surface area contributed by atoms with Gasteiger partial charge in [-0.15, -0.1) is 5.10 Å². The Hall–Kier alpha value is -3.03. The predicted molar refractivity (Wildman–Crippen MR) is 98.1 cm³/mol. The third kappa shape index (κ3) is 2.58. The van der Waals surface area contributed by atoms with Gasteiger partial charge in [0.25, 0.3) is 5.91 Å². The molecule has 0 bridgehead atoms. The van der Waals surface area contributed by atoms with Crippen LogP contribution >= 0.6 is 0 Å². The Bertz CT molecular complexity index is 875. The first-order valence-corrected chi connectivity index (χ1v) is 8.80. The van der Waals surface area contributed by atoms with E-state index in [2.05, 4.69) is 15.7 Å². The van der Waals surface area contributed by atoms with Gasteiger partial charge in [-0.3, -0.25) is 4.79 Å². The van der Waals surface area contributed by atoms with E-state index < -0.39 is 0 Å². The highest BCUT2D eigenvalue weighted by Crippen LogP contribution is 2.34. The van der Waals surface area contributed by atoms with Gasteiger partial charge in [-0.1, -0.05) is 18.2 Å². The maximum absolute atomic E-state index is 13.3. The molecule has 136 valence electrons. The van der Waals surface area contributed by atoms with Gasteiger partial charge in [-0.25, -0.2) is 9.48 Å². The Balaban J connectivity index is 1.70. The molecule has 4 N–H and O–H groups in total. The number of nitrogens with zero attached hydrogens (tertiary/aromatic N) is 3. The van der Waals surface area contributed by atoms with Crippen LogP contribution in [-0.4, -0.2) is 46.8 Å². The molecule has 0 spiro atoms. The fraction of sp³-hybridized carbons (Fsp3) is 0.389. The number of hydrogen-bond acceptors (Lipinski definition) is 5. The molecule has 0 fully saturated rings. The summed E-state index contributed by atoms with van der Waals surface area (Å²) in [5.41, 5.74) is 9.62. The van der Waals surface area contributed by atoms with Crippen molar-refractivity contribution >= 4 is 23.4 Å². The summed E-state index contributed by atoms with van der Waals surface area (Å²) >= 11 is 0. The molecule has 26 heavy (non-hydrogen) atoms. The van der Waals surface area contributed by atoms with Gasteiger partial charge >= 0.3 is 6.03 Å². The van der Waals surface area contributed by atoms with Gasteiger partial charge in [-0.05, 0) is 24.5 Å². The smallest absolute Gasteiger partial charge is 0.317 e. The first kappa shape index (κ1) is 16.4. The number of carbonyl (C=O) groups excluding carboxylic acids is 2. The van der Waals surface area contributed by atoms with Crippen LogP contribution in [-0.2, 0) is 13.0 Å². The van der Waals surface area contributed by atoms with E-state index in [1.807, 2.05) is 24.3 Å². The average Bonchev–Trinajstić information content (AvgIpc) is 3.02. The Morgan fingerprint density at radius 2 is 2.15 bits per heavy atom. The molecule has 2 aliphatic heterocycles. The first-order chi connectivity index (χ1) is 12.6. The SMILES string of the molecule is CNC(=O)N1CCc2c(N)nn(C(=O)C3CCNc4ccccc43)c2C1. The zero-order valence-electron chi connectivity index (χ0n) is 14.7. The summed E-state index contributed by atoms with van der Waals surface area (Å²) in [4.78, 5) is 27.0. The molecule has 1 aromatic carbocycles. The van der Waals surface area contributed by atoms with Crippen LogP contribution in [0.25, 0.3) is 0 Å². The molecule has 0 aliphatic carbocycles. The van der Waals surface area contributed by atoms with E-state index in [4.69, 9.17) is 5.73 Å². The molecule has 3 heterocycles. The minimum absolute atomic E-state index is 0.0920. The number of urea groups is 1. The highest BCUT2D eigenvalue weighted by molar-refractivity contribution is 5.89. The number of hydrogen-bond donors (Lipinski definition) is 3. The first-order valence-electron chi connectivity index (χ1n) is 8.80. The zero-order valence-corrected chi connectivity index (χ0v) is 14.7. The molecule has 8 heteroatoms. The Kier molecular flexibility index (Phi) is 4.02. The number of fused-ring (bicyclic) bond motifs is 2. The molecule has 0 saturated heterocycles. The van der Waals surface area contributed by atoms with E-state index in [9.17, 15) is 9.59 Å². The van der Waals surface area contributed by atoms with Gasteiger partial charge in [0.05, 0.1) is 18.2 Å². The fourth-order valence-electron chi connectivity index (χ4n) is 3.83. The Labute approximate surface area is 151 Å². The van der Waals surface area contributed by atoms with E-state index in [0.717, 1.165) is 29.1 Å². The number of benzene rings is 1. The van der Waals surface area contributed by atoms with Crippen LogP contribution in [0.2, 0.25) is 0 Å². The van der Waals surface area contributed by atoms with Crippen molar-refractivity contribution in [2.75, 3.05) is 31.2 Å². The molecular formula is C18H22N6O2. The summed E-state index contributed by atoms with van der Waals surface area (Å²) in [6, 6.07) is 7.68. The second-order valence-electron chi connectivity index (χ2n) is 6.64. The molecule has 2 aliphatic rings. The Morgan fingerprint density at radius 1 is 1.35 bits per heavy atom. The number of nitrogens with two attached hydrogens (primary N) is 1. The van der Waals surface area contributed by atoms with Crippen molar-refractivity contribution in [2.24, 2.45) is 0 Å². The maximum Gasteiger partial charge on any atom is 0.317 e. The molecule has 8 nitrogen and oxygen atoms in total. The topological polar surface area (TPSA) is 105 Å². The van der Waals surface area contributed by atoms with Crippen molar-refractivity contribution < 1.29 is 9.59 Å². The molecule has 1 unspecified atom stereocenters. The fourth-order valence-corrected chi connectivity index (χ4v) is 3.83. The van der Waals surface area contributed by atoms with Crippen LogP contribution < -0.4 is 16.4 Å². The number of amides is 2. The average molecular weight is 354 g/mol. The van der Waals surface area contributed by atoms with E-state index in [0.29, 0.717) is 31.7 Å². The summed E-state index contributed by atoms with van der Waals surface area (Å²) < 4.78 is 1.42. The Morgan fingerprint density at radius 3 is 2.96 bits per heavy atom. The van der Waals surface area contributed by atoms with Gasteiger partial charge in [-0.2, -0.15) is 0 Å². The molecule has 0 radical (unpaired) electrons. The number of aromatic nitrogens is 2. The van der Waals surface area contributed by atoms with Crippen LogP contribution in [0.3, 0.4) is 0 Å². The lowest BCUT2D eigenvalue weighted by Gasteiger charge is -2.29. The number of nitrogens with one attached hydrogen (secondary N) is 2. The monoisotopic (exact) mass is 354 g/mol. The number of rotatable bonds is 1. The largest absolute Gasteiger partial charge is 0.385 e. The van der Waals surface area contributed by atoms with Crippen molar-refractivity contribution in [2.45, 2.75) is 25.3 Å². The minimum atomic E-state index is -0.272. The van der Waals surface area contributed by atoms with Crippen molar-refractivity contribution in [1.29, 1.82) is 0 Å². The van der Waals surface area contributed by atoms with E-state index >= 15 is 0 Å². The molecule has 1 atom stereocenters. The van der Waals surface area contributed by atoms with Gasteiger partial charge < -0.3 is 21.3 Å². The maximum atomic E-state index is 13.3. The third-order valence-corrected chi connectivity index (χ3v) is 5.19. The number of para-hydroxylation sites is 1. The number of anilines is 2. The summed E-state index contributed by atoms with van der Waals surface area (Å²) in [6.07, 6.45) is 1.30. The quantitative estimate of drug-likeness (QED) is 0.718. The minimum Gasteiger partial charge on any atom is -0.385 e. The number of carbonyl (C=O) groups is 2. The summed E-state index contributed by atoms with van der Waals surface area (Å²) in [7, 11) is 1.60. The lowest BCUT2D eigenvalue weighted by Crippen LogP contribution is -2.42. The van der Waals surface area contributed by atoms with Crippen LogP contribution in [0, 0.1) is 0 Å². The highest BCUT2D eigenvalue weighted by Gasteiger charge is 2.33. The third-order valence-electron chi connectivity index (χ3n) is 5.19. The second-order valence-corrected chi connectivity index (χ2v) is 6.64.